The monoisotopic (exact) mass is 350 g/mol. The van der Waals surface area contributed by atoms with E-state index in [0.717, 1.165) is 12.1 Å². The van der Waals surface area contributed by atoms with Crippen LogP contribution in [0.2, 0.25) is 0 Å². The number of rotatable bonds is 6. The summed E-state index contributed by atoms with van der Waals surface area (Å²) in [5.74, 6) is -2.14. The predicted molar refractivity (Wildman–Crippen MR) is 88.0 cm³/mol. The molecule has 0 radical (unpaired) electrons. The molecule has 0 heterocycles. The van der Waals surface area contributed by atoms with Crippen molar-refractivity contribution in [3.05, 3.63) is 69.3 Å². The lowest BCUT2D eigenvalue weighted by molar-refractivity contribution is -0.682. The van der Waals surface area contributed by atoms with Gasteiger partial charge in [-0.3, -0.25) is 14.9 Å². The number of nitrogens with one attached hydrogen (secondary N) is 1. The van der Waals surface area contributed by atoms with E-state index < -0.39 is 16.6 Å². The van der Waals surface area contributed by atoms with E-state index in [9.17, 15) is 23.7 Å². The zero-order valence-corrected chi connectivity index (χ0v) is 13.8. The van der Waals surface area contributed by atoms with Crippen molar-refractivity contribution in [2.24, 2.45) is 0 Å². The summed E-state index contributed by atoms with van der Waals surface area (Å²) in [5.41, 5.74) is 1.59. The SMILES string of the molecule is Cc1cc([N+](=O)[O-])ccc1NC(=O)C[NH2+][C@@H](C)c1ccc(F)c(F)c1. The summed E-state index contributed by atoms with van der Waals surface area (Å²) in [4.78, 5) is 22.2. The predicted octanol–water partition coefficient (Wildman–Crippen LogP) is 2.44. The molecule has 0 bridgehead atoms. The summed E-state index contributed by atoms with van der Waals surface area (Å²) in [6, 6.07) is 7.56. The van der Waals surface area contributed by atoms with E-state index in [1.165, 1.54) is 24.3 Å². The second-order valence-corrected chi connectivity index (χ2v) is 5.71. The van der Waals surface area contributed by atoms with E-state index in [1.54, 1.807) is 19.2 Å². The number of nitrogens with two attached hydrogens (primary N) is 1. The van der Waals surface area contributed by atoms with Crippen LogP contribution in [-0.4, -0.2) is 17.4 Å². The van der Waals surface area contributed by atoms with Crippen molar-refractivity contribution < 1.29 is 23.8 Å². The fraction of sp³-hybridized carbons (Fsp3) is 0.235. The molecular formula is C17H18F2N3O3+. The van der Waals surface area contributed by atoms with Gasteiger partial charge in [0.2, 0.25) is 0 Å². The van der Waals surface area contributed by atoms with Gasteiger partial charge in [-0.25, -0.2) is 8.78 Å². The number of anilines is 1. The van der Waals surface area contributed by atoms with Crippen molar-refractivity contribution in [3.63, 3.8) is 0 Å². The minimum absolute atomic E-state index is 0.0472. The van der Waals surface area contributed by atoms with E-state index in [2.05, 4.69) is 5.32 Å². The van der Waals surface area contributed by atoms with Crippen LogP contribution < -0.4 is 10.6 Å². The molecule has 6 nitrogen and oxygen atoms in total. The van der Waals surface area contributed by atoms with Crippen LogP contribution in [-0.2, 0) is 4.79 Å². The van der Waals surface area contributed by atoms with Crippen molar-refractivity contribution in [2.75, 3.05) is 11.9 Å². The Hall–Kier alpha value is -2.87. The Kier molecular flexibility index (Phi) is 5.76. The number of aryl methyl sites for hydroxylation is 1. The van der Waals surface area contributed by atoms with Crippen LogP contribution in [0.1, 0.15) is 24.1 Å². The molecule has 3 N–H and O–H groups in total. The Morgan fingerprint density at radius 2 is 1.96 bits per heavy atom. The maximum absolute atomic E-state index is 13.2. The fourth-order valence-electron chi connectivity index (χ4n) is 2.32. The summed E-state index contributed by atoms with van der Waals surface area (Å²) in [5, 5.41) is 15.1. The molecule has 0 aliphatic heterocycles. The van der Waals surface area contributed by atoms with Crippen LogP contribution in [0, 0.1) is 28.7 Å². The van der Waals surface area contributed by atoms with Crippen molar-refractivity contribution in [1.82, 2.24) is 0 Å². The van der Waals surface area contributed by atoms with Gasteiger partial charge in [0.1, 0.15) is 6.04 Å². The lowest BCUT2D eigenvalue weighted by atomic mass is 10.1. The Balaban J connectivity index is 1.94. The molecule has 0 aromatic heterocycles. The zero-order valence-electron chi connectivity index (χ0n) is 13.8. The Labute approximate surface area is 143 Å². The van der Waals surface area contributed by atoms with Gasteiger partial charge < -0.3 is 10.6 Å². The highest BCUT2D eigenvalue weighted by Crippen LogP contribution is 2.21. The molecule has 0 unspecified atom stereocenters. The van der Waals surface area contributed by atoms with Gasteiger partial charge in [0.25, 0.3) is 11.6 Å². The maximum atomic E-state index is 13.2. The summed E-state index contributed by atoms with van der Waals surface area (Å²) in [6.07, 6.45) is 0. The molecule has 2 aromatic carbocycles. The smallest absolute Gasteiger partial charge is 0.279 e. The second-order valence-electron chi connectivity index (χ2n) is 5.71. The van der Waals surface area contributed by atoms with E-state index >= 15 is 0 Å². The molecule has 1 amide bonds. The van der Waals surface area contributed by atoms with E-state index in [4.69, 9.17) is 0 Å². The number of non-ortho nitro benzene ring substituents is 1. The third kappa shape index (κ3) is 4.80. The van der Waals surface area contributed by atoms with Crippen LogP contribution in [0.25, 0.3) is 0 Å². The molecule has 0 spiro atoms. The highest BCUT2D eigenvalue weighted by molar-refractivity contribution is 5.92. The first-order chi connectivity index (χ1) is 11.8. The zero-order chi connectivity index (χ0) is 18.6. The molecule has 0 fully saturated rings. The van der Waals surface area contributed by atoms with Gasteiger partial charge in [-0.05, 0) is 43.7 Å². The first kappa shape index (κ1) is 18.5. The normalized spacial score (nSPS) is 11.8. The molecule has 2 rings (SSSR count). The number of carbonyl (C=O) groups excluding carboxylic acids is 1. The number of nitrogens with zero attached hydrogens (tertiary/aromatic N) is 1. The number of quaternary nitrogens is 1. The average molecular weight is 350 g/mol. The summed E-state index contributed by atoms with van der Waals surface area (Å²) < 4.78 is 26.2. The van der Waals surface area contributed by atoms with Crippen LogP contribution in [0.5, 0.6) is 0 Å². The molecule has 1 atom stereocenters. The van der Waals surface area contributed by atoms with Crippen molar-refractivity contribution in [2.45, 2.75) is 19.9 Å². The third-order valence-electron chi connectivity index (χ3n) is 3.82. The van der Waals surface area contributed by atoms with E-state index in [0.29, 0.717) is 16.8 Å². The van der Waals surface area contributed by atoms with Crippen molar-refractivity contribution >= 4 is 17.3 Å². The molecule has 0 saturated carbocycles. The first-order valence-corrected chi connectivity index (χ1v) is 7.61. The van der Waals surface area contributed by atoms with Gasteiger partial charge in [0.15, 0.2) is 18.2 Å². The second kappa shape index (κ2) is 7.80. The van der Waals surface area contributed by atoms with Crippen LogP contribution >= 0.6 is 0 Å². The van der Waals surface area contributed by atoms with Gasteiger partial charge in [0, 0.05) is 23.4 Å². The van der Waals surface area contributed by atoms with Gasteiger partial charge in [-0.2, -0.15) is 0 Å². The van der Waals surface area contributed by atoms with E-state index in [-0.39, 0.29) is 24.2 Å². The van der Waals surface area contributed by atoms with E-state index in [1.807, 2.05) is 0 Å². The summed E-state index contributed by atoms with van der Waals surface area (Å²) in [6.45, 7) is 3.50. The Morgan fingerprint density at radius 3 is 2.56 bits per heavy atom. The fourth-order valence-corrected chi connectivity index (χ4v) is 2.32. The minimum Gasteiger partial charge on any atom is -0.333 e. The average Bonchev–Trinajstić information content (AvgIpc) is 2.56. The van der Waals surface area contributed by atoms with Crippen LogP contribution in [0.4, 0.5) is 20.2 Å². The van der Waals surface area contributed by atoms with Crippen molar-refractivity contribution in [1.29, 1.82) is 0 Å². The van der Waals surface area contributed by atoms with Gasteiger partial charge in [-0.15, -0.1) is 0 Å². The van der Waals surface area contributed by atoms with Gasteiger partial charge >= 0.3 is 0 Å². The highest BCUT2D eigenvalue weighted by Gasteiger charge is 2.15. The molecule has 25 heavy (non-hydrogen) atoms. The lowest BCUT2D eigenvalue weighted by Crippen LogP contribution is -2.86. The molecule has 132 valence electrons. The molecular weight excluding hydrogens is 332 g/mol. The molecule has 0 aliphatic carbocycles. The Bertz CT molecular complexity index is 812. The largest absolute Gasteiger partial charge is 0.333 e. The molecule has 0 aliphatic rings. The number of hydrogen-bond donors (Lipinski definition) is 2. The first-order valence-electron chi connectivity index (χ1n) is 7.61. The Morgan fingerprint density at radius 1 is 1.24 bits per heavy atom. The number of nitro benzene ring substituents is 1. The maximum Gasteiger partial charge on any atom is 0.279 e. The number of amides is 1. The van der Waals surface area contributed by atoms with Crippen molar-refractivity contribution in [3.8, 4) is 0 Å². The number of benzene rings is 2. The molecule has 0 saturated heterocycles. The van der Waals surface area contributed by atoms with Gasteiger partial charge in [0.05, 0.1) is 4.92 Å². The van der Waals surface area contributed by atoms with Crippen LogP contribution in [0.3, 0.4) is 0 Å². The highest BCUT2D eigenvalue weighted by atomic mass is 19.2. The number of hydrogen-bond acceptors (Lipinski definition) is 3. The van der Waals surface area contributed by atoms with Crippen LogP contribution in [0.15, 0.2) is 36.4 Å². The number of carbonyl (C=O) groups is 1. The summed E-state index contributed by atoms with van der Waals surface area (Å²) >= 11 is 0. The number of halogens is 2. The quantitative estimate of drug-likeness (QED) is 0.619. The topological polar surface area (TPSA) is 88.9 Å². The minimum atomic E-state index is -0.927. The third-order valence-corrected chi connectivity index (χ3v) is 3.82. The summed E-state index contributed by atoms with van der Waals surface area (Å²) in [7, 11) is 0. The molecule has 8 heteroatoms. The standard InChI is InChI=1S/C17H17F2N3O3/c1-10-7-13(22(24)25)4-6-16(10)21-17(23)9-20-11(2)12-3-5-14(18)15(19)8-12/h3-8,11,20H,9H2,1-2H3,(H,21,23)/p+1/t11-/m0/s1. The van der Waals surface area contributed by atoms with Gasteiger partial charge in [-0.1, -0.05) is 0 Å². The number of nitro groups is 1. The lowest BCUT2D eigenvalue weighted by Gasteiger charge is -2.12. The molecule has 2 aromatic rings.